The van der Waals surface area contributed by atoms with Gasteiger partial charge in [0.05, 0.1) is 0 Å². The van der Waals surface area contributed by atoms with Gasteiger partial charge in [0.2, 0.25) is 0 Å². The number of carboxylic acid groups (broad SMARTS) is 2. The summed E-state index contributed by atoms with van der Waals surface area (Å²) in [6, 6.07) is 0. The monoisotopic (exact) mass is 184 g/mol. The number of hydrogen-bond acceptors (Lipinski definition) is 3. The normalized spacial score (nSPS) is 4.00. The first-order valence-corrected chi connectivity index (χ1v) is 2.33. The molecule has 0 aliphatic carbocycles. The molecule has 0 aromatic heterocycles. The van der Waals surface area contributed by atoms with Gasteiger partial charge in [-0.15, -0.1) is 0 Å². The molecule has 0 aromatic rings. The molecule has 0 aliphatic heterocycles. The van der Waals surface area contributed by atoms with Crippen LogP contribution in [0.25, 0.3) is 0 Å². The molecular formula is CH4CaO5Ti. The Kier molecular flexibility index (Phi) is 31.2. The molecule has 0 amide bonds. The Labute approximate surface area is 83.6 Å². The summed E-state index contributed by atoms with van der Waals surface area (Å²) >= 11 is -2.00. The van der Waals surface area contributed by atoms with Crippen molar-refractivity contribution in [1.29, 1.82) is 0 Å². The summed E-state index contributed by atoms with van der Waals surface area (Å²) < 4.78 is 17.0. The Bertz CT molecular complexity index is 80.4. The van der Waals surface area contributed by atoms with Gasteiger partial charge in [0.1, 0.15) is 0 Å². The van der Waals surface area contributed by atoms with Crippen molar-refractivity contribution >= 4 is 43.9 Å². The first-order valence-electron chi connectivity index (χ1n) is 1.06. The van der Waals surface area contributed by atoms with Crippen molar-refractivity contribution in [2.45, 2.75) is 0 Å². The molecule has 0 fully saturated rings. The maximum atomic E-state index is 8.56. The predicted molar refractivity (Wildman–Crippen MR) is 20.6 cm³/mol. The van der Waals surface area contributed by atoms with E-state index in [0.717, 1.165) is 0 Å². The van der Waals surface area contributed by atoms with Gasteiger partial charge >= 0.3 is 69.6 Å². The quantitative estimate of drug-likeness (QED) is 0.474. The topological polar surface area (TPSA) is 91.7 Å². The zero-order chi connectivity index (χ0) is 6.28. The van der Waals surface area contributed by atoms with Crippen LogP contribution in [0.5, 0.6) is 0 Å². The van der Waals surface area contributed by atoms with Gasteiger partial charge < -0.3 is 10.2 Å². The van der Waals surface area contributed by atoms with Crippen LogP contribution in [0.2, 0.25) is 0 Å². The Morgan fingerprint density at radius 2 is 1.25 bits per heavy atom. The molecular weight excluding hydrogens is 180 g/mol. The molecule has 0 bridgehead atoms. The molecule has 0 heterocycles. The molecule has 0 aliphatic rings. The van der Waals surface area contributed by atoms with Crippen LogP contribution in [-0.4, -0.2) is 54.1 Å². The van der Waals surface area contributed by atoms with E-state index in [-0.39, 0.29) is 37.7 Å². The summed E-state index contributed by atoms with van der Waals surface area (Å²) in [5.74, 6) is 0. The van der Waals surface area contributed by atoms with E-state index < -0.39 is 25.2 Å². The van der Waals surface area contributed by atoms with Gasteiger partial charge in [-0.2, -0.15) is 0 Å². The number of hydrogen-bond donors (Lipinski definition) is 2. The molecule has 0 radical (unpaired) electrons. The zero-order valence-corrected chi connectivity index (χ0v) is 4.68. The molecule has 2 N–H and O–H groups in total. The van der Waals surface area contributed by atoms with E-state index in [4.69, 9.17) is 21.7 Å². The predicted octanol–water partition coefficient (Wildman–Crippen LogP) is -0.934. The fourth-order valence-electron chi connectivity index (χ4n) is 0. The van der Waals surface area contributed by atoms with Crippen LogP contribution in [0, 0.1) is 0 Å². The second-order valence-corrected chi connectivity index (χ2v) is 0.626. The fraction of sp³-hybridized carbons (Fsp3) is 0. The van der Waals surface area contributed by atoms with E-state index in [9.17, 15) is 0 Å². The first-order chi connectivity index (χ1) is 3.15. The fourth-order valence-corrected chi connectivity index (χ4v) is 0. The van der Waals surface area contributed by atoms with Crippen LogP contribution in [0.1, 0.15) is 0 Å². The summed E-state index contributed by atoms with van der Waals surface area (Å²) in [7, 11) is 0. The Morgan fingerprint density at radius 1 is 1.25 bits per heavy atom. The van der Waals surface area contributed by atoms with Gasteiger partial charge in [-0.25, -0.2) is 4.79 Å². The molecule has 0 unspecified atom stereocenters. The van der Waals surface area contributed by atoms with Gasteiger partial charge in [0, 0.05) is 0 Å². The molecule has 0 spiro atoms. The maximum absolute atomic E-state index is 8.56. The molecule has 0 atom stereocenters. The van der Waals surface area contributed by atoms with E-state index in [2.05, 4.69) is 0 Å². The summed E-state index contributed by atoms with van der Waals surface area (Å²) in [5, 5.41) is 13.9. The molecule has 44 valence electrons. The Morgan fingerprint density at radius 3 is 1.25 bits per heavy atom. The van der Waals surface area contributed by atoms with Crippen LogP contribution < -0.4 is 0 Å². The van der Waals surface area contributed by atoms with Crippen molar-refractivity contribution in [2.24, 2.45) is 0 Å². The minimum absolute atomic E-state index is 0. The van der Waals surface area contributed by atoms with Crippen molar-refractivity contribution in [2.75, 3.05) is 0 Å². The third-order valence-electron chi connectivity index (χ3n) is 0. The van der Waals surface area contributed by atoms with Crippen molar-refractivity contribution in [3.63, 3.8) is 0 Å². The molecule has 0 saturated carbocycles. The molecule has 0 rings (SSSR count). The molecule has 0 aromatic carbocycles. The first kappa shape index (κ1) is 15.9. The summed E-state index contributed by atoms with van der Waals surface area (Å²) in [6.45, 7) is 0. The molecule has 8 heavy (non-hydrogen) atoms. The SMILES string of the molecule is O=C(O)O.[CaH2].[O]=[Ti]=[O]. The van der Waals surface area contributed by atoms with Crippen molar-refractivity contribution in [1.82, 2.24) is 0 Å². The Hall–Kier alpha value is 0.844. The van der Waals surface area contributed by atoms with Crippen LogP contribution >= 0.6 is 0 Å². The van der Waals surface area contributed by atoms with E-state index in [1.54, 1.807) is 0 Å². The Balaban J connectivity index is -0.0000000575. The second-order valence-electron chi connectivity index (χ2n) is 0.366. The number of carbonyl (C=O) groups is 1. The van der Waals surface area contributed by atoms with Crippen molar-refractivity contribution in [3.05, 3.63) is 0 Å². The zero-order valence-electron chi connectivity index (χ0n) is 3.12. The van der Waals surface area contributed by atoms with Crippen LogP contribution in [0.15, 0.2) is 0 Å². The van der Waals surface area contributed by atoms with E-state index >= 15 is 0 Å². The van der Waals surface area contributed by atoms with Crippen molar-refractivity contribution in [3.8, 4) is 0 Å². The third kappa shape index (κ3) is 328. The van der Waals surface area contributed by atoms with Gasteiger partial charge in [0.15, 0.2) is 0 Å². The van der Waals surface area contributed by atoms with Crippen LogP contribution in [0.4, 0.5) is 4.79 Å². The van der Waals surface area contributed by atoms with Gasteiger partial charge in [-0.05, 0) is 0 Å². The average Bonchev–Trinajstić information content (AvgIpc) is 1.33. The summed E-state index contributed by atoms with van der Waals surface area (Å²) in [6.07, 6.45) is -1.83. The number of rotatable bonds is 0. The molecule has 7 heteroatoms. The average molecular weight is 184 g/mol. The van der Waals surface area contributed by atoms with Crippen molar-refractivity contribution < 1.29 is 40.7 Å². The standard InChI is InChI=1S/CH2O3.Ca.2O.Ti.2H/c2-1(3)4;;;;;;/h(H2,2,3,4);;;;;;. The van der Waals surface area contributed by atoms with Gasteiger partial charge in [0.25, 0.3) is 0 Å². The molecule has 5 nitrogen and oxygen atoms in total. The minimum atomic E-state index is -2.00. The third-order valence-corrected chi connectivity index (χ3v) is 0. The van der Waals surface area contributed by atoms with Crippen LogP contribution in [0.3, 0.4) is 0 Å². The van der Waals surface area contributed by atoms with Crippen LogP contribution in [-0.2, 0) is 25.7 Å². The van der Waals surface area contributed by atoms with Gasteiger partial charge in [-0.1, -0.05) is 0 Å². The second kappa shape index (κ2) is 15.7. The van der Waals surface area contributed by atoms with E-state index in [1.165, 1.54) is 0 Å². The summed E-state index contributed by atoms with van der Waals surface area (Å²) in [5.41, 5.74) is 0. The molecule has 0 saturated heterocycles. The van der Waals surface area contributed by atoms with E-state index in [1.807, 2.05) is 0 Å². The van der Waals surface area contributed by atoms with E-state index in [0.29, 0.717) is 0 Å². The summed E-state index contributed by atoms with van der Waals surface area (Å²) in [4.78, 5) is 8.56. The van der Waals surface area contributed by atoms with Gasteiger partial charge in [-0.3, -0.25) is 0 Å².